The van der Waals surface area contributed by atoms with Crippen LogP contribution in [0, 0.1) is 0 Å². The molecule has 2 atom stereocenters. The topological polar surface area (TPSA) is 62.2 Å². The molecule has 0 bridgehead atoms. The van der Waals surface area contributed by atoms with E-state index in [2.05, 4.69) is 15.4 Å². The van der Waals surface area contributed by atoms with E-state index in [0.717, 1.165) is 28.2 Å². The van der Waals surface area contributed by atoms with Crippen LogP contribution in [-0.4, -0.2) is 44.6 Å². The molecule has 2 unspecified atom stereocenters. The van der Waals surface area contributed by atoms with Crippen LogP contribution in [0.1, 0.15) is 36.2 Å². The van der Waals surface area contributed by atoms with Crippen molar-refractivity contribution in [1.29, 1.82) is 0 Å². The van der Waals surface area contributed by atoms with Gasteiger partial charge < -0.3 is 18.9 Å². The van der Waals surface area contributed by atoms with Gasteiger partial charge in [-0.3, -0.25) is 4.99 Å². The maximum atomic E-state index is 5.78. The van der Waals surface area contributed by atoms with Crippen molar-refractivity contribution in [2.45, 2.75) is 31.4 Å². The molecule has 0 N–H and O–H groups in total. The first-order chi connectivity index (χ1) is 12.6. The Kier molecular flexibility index (Phi) is 5.48. The van der Waals surface area contributed by atoms with E-state index in [1.807, 2.05) is 19.2 Å². The highest BCUT2D eigenvalue weighted by molar-refractivity contribution is 7.07. The second-order valence-electron chi connectivity index (χ2n) is 6.33. The Labute approximate surface area is 158 Å². The predicted molar refractivity (Wildman–Crippen MR) is 102 cm³/mol. The van der Waals surface area contributed by atoms with Crippen LogP contribution in [0.15, 0.2) is 40.6 Å². The van der Waals surface area contributed by atoms with E-state index in [9.17, 15) is 0 Å². The van der Waals surface area contributed by atoms with Crippen molar-refractivity contribution in [3.05, 3.63) is 46.1 Å². The van der Waals surface area contributed by atoms with Crippen molar-refractivity contribution in [3.63, 3.8) is 0 Å². The standard InChI is InChI=1S/C19H24N2O4S/c1-19(25-5)9-12(8-16(23-3)18(19)24-4)17-14(11-21-26-17)15-7-6-13(22-2)10-20-15/h6,8,10-11,15H,7,9H2,1-5H3. The van der Waals surface area contributed by atoms with Gasteiger partial charge in [-0.2, -0.15) is 0 Å². The number of hydrogen-bond acceptors (Lipinski definition) is 7. The number of hydrogen-bond donors (Lipinski definition) is 0. The van der Waals surface area contributed by atoms with Crippen molar-refractivity contribution in [3.8, 4) is 0 Å². The van der Waals surface area contributed by atoms with E-state index in [-0.39, 0.29) is 6.04 Å². The Morgan fingerprint density at radius 2 is 1.96 bits per heavy atom. The van der Waals surface area contributed by atoms with Crippen molar-refractivity contribution in [2.24, 2.45) is 4.99 Å². The zero-order chi connectivity index (χ0) is 18.7. The van der Waals surface area contributed by atoms with E-state index >= 15 is 0 Å². The third-order valence-corrected chi connectivity index (χ3v) is 5.71. The average Bonchev–Trinajstić information content (AvgIpc) is 3.17. The van der Waals surface area contributed by atoms with E-state index in [1.165, 1.54) is 11.5 Å². The summed E-state index contributed by atoms with van der Waals surface area (Å²) in [6.07, 6.45) is 9.20. The van der Waals surface area contributed by atoms with Gasteiger partial charge in [-0.05, 0) is 42.6 Å². The van der Waals surface area contributed by atoms with Crippen molar-refractivity contribution in [2.75, 3.05) is 28.4 Å². The molecule has 1 aliphatic carbocycles. The highest BCUT2D eigenvalue weighted by Gasteiger charge is 2.39. The summed E-state index contributed by atoms with van der Waals surface area (Å²) >= 11 is 1.47. The zero-order valence-corrected chi connectivity index (χ0v) is 16.6. The normalized spacial score (nSPS) is 25.7. The first kappa shape index (κ1) is 18.7. The second-order valence-corrected chi connectivity index (χ2v) is 7.14. The lowest BCUT2D eigenvalue weighted by Crippen LogP contribution is -2.34. The van der Waals surface area contributed by atoms with Gasteiger partial charge in [-0.15, -0.1) is 0 Å². The largest absolute Gasteiger partial charge is 0.495 e. The van der Waals surface area contributed by atoms with Gasteiger partial charge in [0.15, 0.2) is 11.5 Å². The van der Waals surface area contributed by atoms with Crippen LogP contribution >= 0.6 is 11.5 Å². The summed E-state index contributed by atoms with van der Waals surface area (Å²) in [5.41, 5.74) is 1.63. The number of aromatic nitrogens is 1. The summed E-state index contributed by atoms with van der Waals surface area (Å²) in [5.74, 6) is 2.16. The summed E-state index contributed by atoms with van der Waals surface area (Å²) in [6, 6.07) is 0.0381. The Balaban J connectivity index is 1.97. The predicted octanol–water partition coefficient (Wildman–Crippen LogP) is 3.89. The smallest absolute Gasteiger partial charge is 0.169 e. The highest BCUT2D eigenvalue weighted by atomic mass is 32.1. The molecule has 0 radical (unpaired) electrons. The minimum Gasteiger partial charge on any atom is -0.495 e. The Morgan fingerprint density at radius 1 is 1.15 bits per heavy atom. The fourth-order valence-corrected chi connectivity index (χ4v) is 4.15. The molecule has 0 aromatic carbocycles. The lowest BCUT2D eigenvalue weighted by Gasteiger charge is -2.34. The number of dihydropyridines is 1. The SMILES string of the molecule is COC1=CCC(c2cnsc2C2=CC(OC)=C(OC)C(C)(OC)C2)N=C1. The molecule has 0 saturated carbocycles. The van der Waals surface area contributed by atoms with E-state index in [0.29, 0.717) is 17.9 Å². The van der Waals surface area contributed by atoms with E-state index in [4.69, 9.17) is 18.9 Å². The quantitative estimate of drug-likeness (QED) is 0.754. The first-order valence-corrected chi connectivity index (χ1v) is 9.14. The first-order valence-electron chi connectivity index (χ1n) is 8.37. The Hall–Kier alpha value is -2.12. The lowest BCUT2D eigenvalue weighted by molar-refractivity contribution is -0.00970. The molecule has 2 heterocycles. The molecule has 26 heavy (non-hydrogen) atoms. The summed E-state index contributed by atoms with van der Waals surface area (Å²) in [5, 5.41) is 0. The molecule has 0 spiro atoms. The number of ether oxygens (including phenoxy) is 4. The Morgan fingerprint density at radius 3 is 2.54 bits per heavy atom. The van der Waals surface area contributed by atoms with Crippen LogP contribution in [0.4, 0.5) is 0 Å². The monoisotopic (exact) mass is 376 g/mol. The minimum absolute atomic E-state index is 0.0381. The second kappa shape index (κ2) is 7.63. The van der Waals surface area contributed by atoms with Crippen molar-refractivity contribution >= 4 is 23.3 Å². The highest BCUT2D eigenvalue weighted by Crippen LogP contribution is 2.43. The molecule has 140 valence electrons. The molecule has 1 aromatic rings. The van der Waals surface area contributed by atoms with Gasteiger partial charge in [-0.25, -0.2) is 4.37 Å². The molecule has 1 aromatic heterocycles. The molecule has 3 rings (SSSR count). The van der Waals surface area contributed by atoms with Gasteiger partial charge in [-0.1, -0.05) is 0 Å². The molecule has 0 saturated heterocycles. The number of aliphatic imine (C=N–C) groups is 1. The van der Waals surface area contributed by atoms with Crippen LogP contribution in [0.5, 0.6) is 0 Å². The fraction of sp³-hybridized carbons (Fsp3) is 0.474. The molecule has 7 heteroatoms. The van der Waals surface area contributed by atoms with Gasteiger partial charge in [0.05, 0.1) is 38.5 Å². The van der Waals surface area contributed by atoms with Gasteiger partial charge in [0, 0.05) is 25.3 Å². The maximum absolute atomic E-state index is 5.78. The summed E-state index contributed by atoms with van der Waals surface area (Å²) in [7, 11) is 6.62. The molecular weight excluding hydrogens is 352 g/mol. The van der Waals surface area contributed by atoms with Gasteiger partial charge in [0.25, 0.3) is 0 Å². The van der Waals surface area contributed by atoms with Crippen LogP contribution in [0.2, 0.25) is 0 Å². The van der Waals surface area contributed by atoms with E-state index in [1.54, 1.807) is 34.7 Å². The van der Waals surface area contributed by atoms with Gasteiger partial charge in [0.1, 0.15) is 11.4 Å². The molecule has 6 nitrogen and oxygen atoms in total. The number of nitrogens with zero attached hydrogens (tertiary/aromatic N) is 2. The molecule has 2 aliphatic rings. The molecule has 0 amide bonds. The maximum Gasteiger partial charge on any atom is 0.169 e. The fourth-order valence-electron chi connectivity index (χ4n) is 3.33. The van der Waals surface area contributed by atoms with Crippen LogP contribution in [0.25, 0.3) is 5.57 Å². The molecule has 1 aliphatic heterocycles. The third-order valence-electron chi connectivity index (χ3n) is 4.82. The molecule has 0 fully saturated rings. The summed E-state index contributed by atoms with van der Waals surface area (Å²) in [6.45, 7) is 2.00. The average molecular weight is 376 g/mol. The summed E-state index contributed by atoms with van der Waals surface area (Å²) in [4.78, 5) is 5.73. The Bertz CT molecular complexity index is 793. The zero-order valence-electron chi connectivity index (χ0n) is 15.7. The van der Waals surface area contributed by atoms with Crippen molar-refractivity contribution in [1.82, 2.24) is 4.37 Å². The third kappa shape index (κ3) is 3.29. The number of allylic oxidation sites excluding steroid dienone is 2. The number of methoxy groups -OCH3 is 4. The lowest BCUT2D eigenvalue weighted by atomic mass is 9.86. The van der Waals surface area contributed by atoms with Crippen LogP contribution in [-0.2, 0) is 18.9 Å². The molecular formula is C19H24N2O4S. The van der Waals surface area contributed by atoms with Gasteiger partial charge in [0.2, 0.25) is 0 Å². The van der Waals surface area contributed by atoms with Crippen LogP contribution < -0.4 is 0 Å². The van der Waals surface area contributed by atoms with E-state index < -0.39 is 5.60 Å². The van der Waals surface area contributed by atoms with Crippen LogP contribution in [0.3, 0.4) is 0 Å². The summed E-state index contributed by atoms with van der Waals surface area (Å²) < 4.78 is 26.6. The minimum atomic E-state index is -0.593. The van der Waals surface area contributed by atoms with Gasteiger partial charge >= 0.3 is 0 Å². The number of rotatable bonds is 6. The van der Waals surface area contributed by atoms with Crippen molar-refractivity contribution < 1.29 is 18.9 Å².